The first-order valence-corrected chi connectivity index (χ1v) is 6.68. The molecule has 0 saturated carbocycles. The van der Waals surface area contributed by atoms with Gasteiger partial charge < -0.3 is 5.11 Å². The van der Waals surface area contributed by atoms with Gasteiger partial charge in [0.2, 0.25) is 0 Å². The second kappa shape index (κ2) is 6.20. The predicted octanol–water partition coefficient (Wildman–Crippen LogP) is 3.15. The number of benzene rings is 1. The molecule has 0 aliphatic rings. The van der Waals surface area contributed by atoms with Gasteiger partial charge in [0, 0.05) is 14.9 Å². The molecule has 5 nitrogen and oxygen atoms in total. The first-order chi connectivity index (χ1) is 7.90. The molecule has 1 rings (SSSR count). The summed E-state index contributed by atoms with van der Waals surface area (Å²) in [6.07, 6.45) is -0.0200. The molecule has 1 N–H and O–H groups in total. The average molecular weight is 367 g/mol. The van der Waals surface area contributed by atoms with E-state index in [4.69, 9.17) is 5.11 Å². The van der Waals surface area contributed by atoms with Gasteiger partial charge in [0.15, 0.2) is 0 Å². The molecule has 1 atom stereocenters. The quantitative estimate of drug-likeness (QED) is 0.374. The lowest BCUT2D eigenvalue weighted by Gasteiger charge is -2.08. The van der Waals surface area contributed by atoms with Crippen LogP contribution < -0.4 is 0 Å². The predicted molar refractivity (Wildman–Crippen MR) is 73.4 cm³/mol. The van der Waals surface area contributed by atoms with Crippen molar-refractivity contribution in [1.82, 2.24) is 0 Å². The molecule has 92 valence electrons. The summed E-state index contributed by atoms with van der Waals surface area (Å²) in [5.41, 5.74) is 0.0270. The number of aliphatic carboxylic acids is 1. The van der Waals surface area contributed by atoms with Gasteiger partial charge in [0.05, 0.1) is 16.2 Å². The number of carbonyl (C=O) groups is 1. The molecule has 1 unspecified atom stereocenters. The number of carboxylic acid groups (broad SMARTS) is 1. The number of nitro benzene ring substituents is 1. The van der Waals surface area contributed by atoms with Crippen LogP contribution in [0.4, 0.5) is 5.69 Å². The van der Waals surface area contributed by atoms with Crippen LogP contribution in [-0.4, -0.2) is 21.2 Å². The maximum absolute atomic E-state index is 10.9. The zero-order chi connectivity index (χ0) is 13.0. The first kappa shape index (κ1) is 14.2. The fraction of sp³-hybridized carbons (Fsp3) is 0.300. The largest absolute Gasteiger partial charge is 0.481 e. The van der Waals surface area contributed by atoms with Crippen LogP contribution in [0.25, 0.3) is 0 Å². The minimum absolute atomic E-state index is 0.0200. The van der Waals surface area contributed by atoms with Gasteiger partial charge in [-0.25, -0.2) is 0 Å². The SMILES string of the molecule is CC(CC(=O)O)Sc1ccc(I)cc1[N+](=O)[O-]. The fourth-order valence-corrected chi connectivity index (χ4v) is 2.77. The standard InChI is InChI=1S/C10H10INO4S/c1-6(4-10(13)14)17-9-3-2-7(11)5-8(9)12(15)16/h2-3,5-6H,4H2,1H3,(H,13,14). The highest BCUT2D eigenvalue weighted by molar-refractivity contribution is 14.1. The molecule has 0 fully saturated rings. The van der Waals surface area contributed by atoms with Gasteiger partial charge in [-0.05, 0) is 34.7 Å². The summed E-state index contributed by atoms with van der Waals surface area (Å²) in [7, 11) is 0. The lowest BCUT2D eigenvalue weighted by molar-refractivity contribution is -0.387. The summed E-state index contributed by atoms with van der Waals surface area (Å²) in [5, 5.41) is 19.3. The Kier molecular flexibility index (Phi) is 5.19. The van der Waals surface area contributed by atoms with Gasteiger partial charge >= 0.3 is 5.97 Å². The summed E-state index contributed by atoms with van der Waals surface area (Å²) < 4.78 is 0.782. The maximum atomic E-state index is 10.9. The van der Waals surface area contributed by atoms with Crippen LogP contribution in [0.5, 0.6) is 0 Å². The van der Waals surface area contributed by atoms with Crippen molar-refractivity contribution in [2.75, 3.05) is 0 Å². The summed E-state index contributed by atoms with van der Waals surface area (Å²) >= 11 is 3.21. The van der Waals surface area contributed by atoms with Crippen LogP contribution in [0, 0.1) is 13.7 Å². The van der Waals surface area contributed by atoms with Crippen molar-refractivity contribution in [2.45, 2.75) is 23.5 Å². The van der Waals surface area contributed by atoms with E-state index in [0.29, 0.717) is 4.90 Å². The molecule has 0 heterocycles. The van der Waals surface area contributed by atoms with E-state index in [2.05, 4.69) is 0 Å². The zero-order valence-electron chi connectivity index (χ0n) is 8.92. The van der Waals surface area contributed by atoms with E-state index < -0.39 is 10.9 Å². The van der Waals surface area contributed by atoms with Gasteiger partial charge in [-0.1, -0.05) is 6.92 Å². The summed E-state index contributed by atoms with van der Waals surface area (Å²) in [6, 6.07) is 4.91. The van der Waals surface area contributed by atoms with Crippen LogP contribution in [0.1, 0.15) is 13.3 Å². The van der Waals surface area contributed by atoms with Crippen molar-refractivity contribution in [2.24, 2.45) is 0 Å². The van der Waals surface area contributed by atoms with E-state index in [-0.39, 0.29) is 17.4 Å². The second-order valence-electron chi connectivity index (χ2n) is 3.40. The topological polar surface area (TPSA) is 80.4 Å². The minimum Gasteiger partial charge on any atom is -0.481 e. The first-order valence-electron chi connectivity index (χ1n) is 4.72. The highest BCUT2D eigenvalue weighted by Crippen LogP contribution is 2.34. The lowest BCUT2D eigenvalue weighted by Crippen LogP contribution is -2.06. The van der Waals surface area contributed by atoms with Gasteiger partial charge in [-0.3, -0.25) is 14.9 Å². The molecule has 0 radical (unpaired) electrons. The Morgan fingerprint density at radius 3 is 2.82 bits per heavy atom. The van der Waals surface area contributed by atoms with Crippen molar-refractivity contribution < 1.29 is 14.8 Å². The van der Waals surface area contributed by atoms with Gasteiger partial charge in [0.1, 0.15) is 0 Å². The third kappa shape index (κ3) is 4.50. The number of nitrogens with zero attached hydrogens (tertiary/aromatic N) is 1. The van der Waals surface area contributed by atoms with Crippen molar-refractivity contribution in [3.05, 3.63) is 31.9 Å². The van der Waals surface area contributed by atoms with E-state index in [1.807, 2.05) is 22.6 Å². The Morgan fingerprint density at radius 1 is 1.65 bits per heavy atom. The molecule has 0 amide bonds. The van der Waals surface area contributed by atoms with Crippen molar-refractivity contribution >= 4 is 46.0 Å². The highest BCUT2D eigenvalue weighted by Gasteiger charge is 2.18. The number of carboxylic acids is 1. The van der Waals surface area contributed by atoms with E-state index in [1.165, 1.54) is 17.8 Å². The Balaban J connectivity index is 2.90. The maximum Gasteiger partial charge on any atom is 0.304 e. The third-order valence-electron chi connectivity index (χ3n) is 1.91. The summed E-state index contributed by atoms with van der Waals surface area (Å²) in [5.74, 6) is -0.904. The summed E-state index contributed by atoms with van der Waals surface area (Å²) in [4.78, 5) is 21.4. The molecule has 17 heavy (non-hydrogen) atoms. The molecule has 0 bridgehead atoms. The Bertz CT molecular complexity index is 452. The van der Waals surface area contributed by atoms with Gasteiger partial charge in [0.25, 0.3) is 5.69 Å². The number of hydrogen-bond acceptors (Lipinski definition) is 4. The second-order valence-corrected chi connectivity index (χ2v) is 6.12. The molecule has 1 aromatic carbocycles. The molecule has 0 aliphatic carbocycles. The molecule has 0 spiro atoms. The Hall–Kier alpha value is -0.830. The molecule has 1 aromatic rings. The number of nitro groups is 1. The van der Waals surface area contributed by atoms with Crippen LogP contribution in [0.15, 0.2) is 23.1 Å². The molecular weight excluding hydrogens is 357 g/mol. The number of hydrogen-bond donors (Lipinski definition) is 1. The Morgan fingerprint density at radius 2 is 2.29 bits per heavy atom. The number of thioether (sulfide) groups is 1. The molecule has 0 aliphatic heterocycles. The molecule has 0 saturated heterocycles. The van der Waals surface area contributed by atoms with E-state index >= 15 is 0 Å². The zero-order valence-corrected chi connectivity index (χ0v) is 11.9. The highest BCUT2D eigenvalue weighted by atomic mass is 127. The average Bonchev–Trinajstić information content (AvgIpc) is 2.19. The Labute approximate surface area is 116 Å². The van der Waals surface area contributed by atoms with Crippen molar-refractivity contribution in [3.8, 4) is 0 Å². The molecular formula is C10H10INO4S. The normalized spacial score (nSPS) is 12.1. The van der Waals surface area contributed by atoms with E-state index in [0.717, 1.165) is 3.57 Å². The number of rotatable bonds is 5. The van der Waals surface area contributed by atoms with Crippen molar-refractivity contribution in [3.63, 3.8) is 0 Å². The van der Waals surface area contributed by atoms with Crippen molar-refractivity contribution in [1.29, 1.82) is 0 Å². The summed E-state index contributed by atoms with van der Waals surface area (Å²) in [6.45, 7) is 1.74. The fourth-order valence-electron chi connectivity index (χ4n) is 1.24. The smallest absolute Gasteiger partial charge is 0.304 e. The van der Waals surface area contributed by atoms with Crippen LogP contribution in [0.2, 0.25) is 0 Å². The number of halogens is 1. The minimum atomic E-state index is -0.904. The van der Waals surface area contributed by atoms with E-state index in [1.54, 1.807) is 19.1 Å². The van der Waals surface area contributed by atoms with Gasteiger partial charge in [-0.2, -0.15) is 0 Å². The molecule has 7 heteroatoms. The van der Waals surface area contributed by atoms with Crippen LogP contribution in [-0.2, 0) is 4.79 Å². The molecule has 0 aromatic heterocycles. The monoisotopic (exact) mass is 367 g/mol. The van der Waals surface area contributed by atoms with Gasteiger partial charge in [-0.15, -0.1) is 11.8 Å². The van der Waals surface area contributed by atoms with Crippen LogP contribution in [0.3, 0.4) is 0 Å². The van der Waals surface area contributed by atoms with E-state index in [9.17, 15) is 14.9 Å². The third-order valence-corrected chi connectivity index (χ3v) is 3.75. The lowest BCUT2D eigenvalue weighted by atomic mass is 10.3. The van der Waals surface area contributed by atoms with Crippen LogP contribution >= 0.6 is 34.4 Å².